The molecule has 0 bridgehead atoms. The largest absolute Gasteiger partial charge is 0.312 e. The van der Waals surface area contributed by atoms with Crippen LogP contribution < -0.4 is 5.56 Å². The van der Waals surface area contributed by atoms with Crippen LogP contribution in [-0.2, 0) is 19.6 Å². The molecule has 0 N–H and O–H groups in total. The van der Waals surface area contributed by atoms with Crippen LogP contribution in [0.2, 0.25) is 0 Å². The van der Waals surface area contributed by atoms with Crippen LogP contribution in [0.1, 0.15) is 41.7 Å². The third-order valence-corrected chi connectivity index (χ3v) is 5.13. The summed E-state index contributed by atoms with van der Waals surface area (Å²) >= 11 is 0. The number of pyridine rings is 1. The average Bonchev–Trinajstić information content (AvgIpc) is 3.36. The summed E-state index contributed by atoms with van der Waals surface area (Å²) in [6.07, 6.45) is 4.25. The summed E-state index contributed by atoms with van der Waals surface area (Å²) in [5, 5.41) is 8.76. The molecule has 1 fully saturated rings. The van der Waals surface area contributed by atoms with Gasteiger partial charge in [0.1, 0.15) is 17.3 Å². The van der Waals surface area contributed by atoms with E-state index in [0.29, 0.717) is 12.5 Å². The van der Waals surface area contributed by atoms with E-state index in [-0.39, 0.29) is 5.56 Å². The van der Waals surface area contributed by atoms with Gasteiger partial charge in [-0.25, -0.2) is 4.98 Å². The van der Waals surface area contributed by atoms with E-state index in [4.69, 9.17) is 4.98 Å². The number of rotatable bonds is 3. The Morgan fingerprint density at radius 1 is 1.24 bits per heavy atom. The van der Waals surface area contributed by atoms with Gasteiger partial charge in [0, 0.05) is 37.8 Å². The zero-order valence-electron chi connectivity index (χ0n) is 14.2. The Kier molecular flexibility index (Phi) is 3.24. The van der Waals surface area contributed by atoms with Gasteiger partial charge in [0.15, 0.2) is 0 Å². The molecule has 1 aliphatic heterocycles. The van der Waals surface area contributed by atoms with Crippen LogP contribution in [0.5, 0.6) is 0 Å². The van der Waals surface area contributed by atoms with Gasteiger partial charge in [-0.3, -0.25) is 14.1 Å². The summed E-state index contributed by atoms with van der Waals surface area (Å²) in [4.78, 5) is 19.4. The molecule has 1 saturated carbocycles. The van der Waals surface area contributed by atoms with Crippen molar-refractivity contribution >= 4 is 5.65 Å². The fourth-order valence-corrected chi connectivity index (χ4v) is 3.63. The summed E-state index contributed by atoms with van der Waals surface area (Å²) in [7, 11) is 0. The lowest BCUT2D eigenvalue weighted by atomic mass is 10.2. The molecule has 0 radical (unpaired) electrons. The molecule has 128 valence electrons. The van der Waals surface area contributed by atoms with E-state index in [1.165, 1.54) is 12.8 Å². The van der Waals surface area contributed by atoms with Crippen LogP contribution >= 0.6 is 0 Å². The predicted octanol–water partition coefficient (Wildman–Crippen LogP) is 1.49. The fourth-order valence-electron chi connectivity index (χ4n) is 3.63. The number of hydrogen-bond donors (Lipinski definition) is 0. The van der Waals surface area contributed by atoms with Crippen LogP contribution in [0.3, 0.4) is 0 Å². The Hall–Kier alpha value is -2.54. The lowest BCUT2D eigenvalue weighted by Crippen LogP contribution is -2.34. The SMILES string of the molecule is Cc1cccn2c(=O)cc(CN3CCn4c(nnc4C4CC4)C3)nc12. The highest BCUT2D eigenvalue weighted by atomic mass is 16.1. The number of aryl methyl sites for hydroxylation is 1. The molecule has 0 unspecified atom stereocenters. The molecular weight excluding hydrogens is 316 g/mol. The lowest BCUT2D eigenvalue weighted by Gasteiger charge is -2.27. The van der Waals surface area contributed by atoms with E-state index in [0.717, 1.165) is 48.2 Å². The van der Waals surface area contributed by atoms with Gasteiger partial charge < -0.3 is 4.57 Å². The van der Waals surface area contributed by atoms with Crippen molar-refractivity contribution in [1.29, 1.82) is 0 Å². The third-order valence-electron chi connectivity index (χ3n) is 5.13. The minimum atomic E-state index is -0.0279. The van der Waals surface area contributed by atoms with E-state index in [2.05, 4.69) is 19.7 Å². The quantitative estimate of drug-likeness (QED) is 0.725. The zero-order chi connectivity index (χ0) is 17.0. The van der Waals surface area contributed by atoms with Crippen molar-refractivity contribution in [3.63, 3.8) is 0 Å². The number of fused-ring (bicyclic) bond motifs is 2. The molecule has 0 amide bonds. The van der Waals surface area contributed by atoms with E-state index >= 15 is 0 Å². The summed E-state index contributed by atoms with van der Waals surface area (Å²) in [5.41, 5.74) is 2.53. The normalized spacial score (nSPS) is 17.8. The van der Waals surface area contributed by atoms with Gasteiger partial charge in [0.25, 0.3) is 5.56 Å². The van der Waals surface area contributed by atoms with E-state index in [9.17, 15) is 4.79 Å². The van der Waals surface area contributed by atoms with Crippen LogP contribution in [0.25, 0.3) is 5.65 Å². The summed E-state index contributed by atoms with van der Waals surface area (Å²) in [6, 6.07) is 5.50. The molecule has 7 nitrogen and oxygen atoms in total. The first kappa shape index (κ1) is 14.8. The number of hydrogen-bond acceptors (Lipinski definition) is 5. The Morgan fingerprint density at radius 3 is 2.96 bits per heavy atom. The molecule has 0 spiro atoms. The summed E-state index contributed by atoms with van der Waals surface area (Å²) in [6.45, 7) is 5.24. The van der Waals surface area contributed by atoms with Crippen molar-refractivity contribution in [3.05, 3.63) is 57.7 Å². The first-order valence-corrected chi connectivity index (χ1v) is 8.81. The molecule has 1 aliphatic carbocycles. The van der Waals surface area contributed by atoms with Crippen LogP contribution in [0.15, 0.2) is 29.2 Å². The molecule has 2 aliphatic rings. The molecule has 7 heteroatoms. The highest BCUT2D eigenvalue weighted by molar-refractivity contribution is 5.46. The van der Waals surface area contributed by atoms with Crippen molar-refractivity contribution in [1.82, 2.24) is 29.0 Å². The van der Waals surface area contributed by atoms with Crippen molar-refractivity contribution in [2.24, 2.45) is 0 Å². The monoisotopic (exact) mass is 336 g/mol. The molecule has 5 rings (SSSR count). The van der Waals surface area contributed by atoms with Gasteiger partial charge in [0.05, 0.1) is 12.2 Å². The number of nitrogens with zero attached hydrogens (tertiary/aromatic N) is 6. The molecule has 0 atom stereocenters. The van der Waals surface area contributed by atoms with Gasteiger partial charge in [-0.1, -0.05) is 6.07 Å². The van der Waals surface area contributed by atoms with Crippen LogP contribution in [-0.4, -0.2) is 35.6 Å². The fraction of sp³-hybridized carbons (Fsp3) is 0.444. The number of aromatic nitrogens is 5. The standard InChI is InChI=1S/C18H20N6O/c1-12-3-2-6-24-16(25)9-14(19-17(12)24)10-22-7-8-23-15(11-22)20-21-18(23)13-4-5-13/h2-3,6,9,13H,4-5,7-8,10-11H2,1H3. The highest BCUT2D eigenvalue weighted by Gasteiger charge is 2.32. The van der Waals surface area contributed by atoms with Gasteiger partial charge in [-0.2, -0.15) is 0 Å². The lowest BCUT2D eigenvalue weighted by molar-refractivity contribution is 0.205. The second-order valence-electron chi connectivity index (χ2n) is 7.08. The predicted molar refractivity (Wildman–Crippen MR) is 92.3 cm³/mol. The van der Waals surface area contributed by atoms with Crippen LogP contribution in [0, 0.1) is 6.92 Å². The maximum absolute atomic E-state index is 12.4. The maximum Gasteiger partial charge on any atom is 0.258 e. The second kappa shape index (κ2) is 5.49. The Morgan fingerprint density at radius 2 is 2.12 bits per heavy atom. The van der Waals surface area contributed by atoms with Crippen molar-refractivity contribution in [2.75, 3.05) is 6.54 Å². The van der Waals surface area contributed by atoms with Gasteiger partial charge in [-0.05, 0) is 31.4 Å². The highest BCUT2D eigenvalue weighted by Crippen LogP contribution is 2.39. The molecule has 4 heterocycles. The minimum Gasteiger partial charge on any atom is -0.312 e. The van der Waals surface area contributed by atoms with Crippen LogP contribution in [0.4, 0.5) is 0 Å². The molecule has 3 aromatic rings. The van der Waals surface area contributed by atoms with Gasteiger partial charge >= 0.3 is 0 Å². The summed E-state index contributed by atoms with van der Waals surface area (Å²) in [5.74, 6) is 2.81. The second-order valence-corrected chi connectivity index (χ2v) is 7.08. The van der Waals surface area contributed by atoms with Crippen molar-refractivity contribution in [2.45, 2.75) is 45.3 Å². The van der Waals surface area contributed by atoms with Gasteiger partial charge in [0.2, 0.25) is 0 Å². The van der Waals surface area contributed by atoms with Crippen molar-refractivity contribution in [3.8, 4) is 0 Å². The Balaban J connectivity index is 1.41. The average molecular weight is 336 g/mol. The Bertz CT molecular complexity index is 1020. The molecule has 3 aromatic heterocycles. The molecule has 0 saturated heterocycles. The smallest absolute Gasteiger partial charge is 0.258 e. The first-order valence-electron chi connectivity index (χ1n) is 8.81. The van der Waals surface area contributed by atoms with E-state index < -0.39 is 0 Å². The summed E-state index contributed by atoms with van der Waals surface area (Å²) < 4.78 is 3.88. The minimum absolute atomic E-state index is 0.0279. The third kappa shape index (κ3) is 2.55. The zero-order valence-corrected chi connectivity index (χ0v) is 14.2. The van der Waals surface area contributed by atoms with Gasteiger partial charge in [-0.15, -0.1) is 10.2 Å². The van der Waals surface area contributed by atoms with Crippen molar-refractivity contribution < 1.29 is 0 Å². The molecule has 25 heavy (non-hydrogen) atoms. The molecule has 0 aromatic carbocycles. The first-order chi connectivity index (χ1) is 12.2. The Labute approximate surface area is 144 Å². The topological polar surface area (TPSA) is 68.3 Å². The maximum atomic E-state index is 12.4. The molecular formula is C18H20N6O. The van der Waals surface area contributed by atoms with E-state index in [1.807, 2.05) is 19.1 Å². The van der Waals surface area contributed by atoms with E-state index in [1.54, 1.807) is 16.7 Å².